The zero-order valence-corrected chi connectivity index (χ0v) is 18.0. The van der Waals surface area contributed by atoms with Crippen molar-refractivity contribution in [2.45, 2.75) is 13.5 Å². The molecule has 0 bridgehead atoms. The minimum atomic E-state index is -0.132. The standard InChI is InChI=1S/C23H25N3O3S/c1-16-24-22(15-30-16)17-4-3-5-19(12-17)25-23(27)21-7-6-20(28-2)13-18(21)14-26-8-10-29-11-9-26/h3-7,12-13,15H,8-11,14H2,1-2H3,(H,25,27). The van der Waals surface area contributed by atoms with E-state index in [1.807, 2.05) is 54.8 Å². The van der Waals surface area contributed by atoms with Crippen molar-refractivity contribution in [1.82, 2.24) is 9.88 Å². The SMILES string of the molecule is COc1ccc(C(=O)Nc2cccc(-c3csc(C)n3)c2)c(CN2CCOCC2)c1. The lowest BCUT2D eigenvalue weighted by atomic mass is 10.0. The van der Waals surface area contributed by atoms with Gasteiger partial charge in [-0.3, -0.25) is 9.69 Å². The molecular formula is C23H25N3O3S. The number of anilines is 1. The number of hydrogen-bond donors (Lipinski definition) is 1. The fourth-order valence-corrected chi connectivity index (χ4v) is 4.12. The summed E-state index contributed by atoms with van der Waals surface area (Å²) >= 11 is 1.61. The molecule has 1 aromatic heterocycles. The average Bonchev–Trinajstić information content (AvgIpc) is 3.21. The monoisotopic (exact) mass is 423 g/mol. The van der Waals surface area contributed by atoms with Crippen molar-refractivity contribution >= 4 is 22.9 Å². The number of benzene rings is 2. The van der Waals surface area contributed by atoms with Crippen LogP contribution in [0.25, 0.3) is 11.3 Å². The van der Waals surface area contributed by atoms with Crippen LogP contribution in [0.15, 0.2) is 47.8 Å². The third kappa shape index (κ3) is 4.87. The van der Waals surface area contributed by atoms with Crippen molar-refractivity contribution in [3.8, 4) is 17.0 Å². The number of carbonyl (C=O) groups excluding carboxylic acids is 1. The van der Waals surface area contributed by atoms with Gasteiger partial charge in [0.05, 0.1) is 31.0 Å². The highest BCUT2D eigenvalue weighted by Crippen LogP contribution is 2.25. The molecule has 0 radical (unpaired) electrons. The molecule has 1 saturated heterocycles. The maximum atomic E-state index is 13.1. The second kappa shape index (κ2) is 9.38. The first-order valence-electron chi connectivity index (χ1n) is 9.93. The first-order valence-corrected chi connectivity index (χ1v) is 10.8. The third-order valence-corrected chi connectivity index (χ3v) is 5.86. The van der Waals surface area contributed by atoms with Gasteiger partial charge in [0.2, 0.25) is 0 Å². The Morgan fingerprint density at radius 2 is 2.07 bits per heavy atom. The largest absolute Gasteiger partial charge is 0.497 e. The molecule has 2 heterocycles. The number of amides is 1. The fourth-order valence-electron chi connectivity index (χ4n) is 3.50. The Hall–Kier alpha value is -2.74. The summed E-state index contributed by atoms with van der Waals surface area (Å²) in [5.41, 5.74) is 4.25. The van der Waals surface area contributed by atoms with Gasteiger partial charge in [0.15, 0.2) is 0 Å². The summed E-state index contributed by atoms with van der Waals surface area (Å²) < 4.78 is 10.8. The Morgan fingerprint density at radius 1 is 1.23 bits per heavy atom. The molecule has 1 N–H and O–H groups in total. The first-order chi connectivity index (χ1) is 14.6. The lowest BCUT2D eigenvalue weighted by Gasteiger charge is -2.27. The Morgan fingerprint density at radius 3 is 2.80 bits per heavy atom. The number of aryl methyl sites for hydroxylation is 1. The van der Waals surface area contributed by atoms with E-state index in [9.17, 15) is 4.79 Å². The van der Waals surface area contributed by atoms with Gasteiger partial charge in [-0.05, 0) is 42.8 Å². The molecule has 1 amide bonds. The van der Waals surface area contributed by atoms with Crippen molar-refractivity contribution in [3.05, 3.63) is 64.0 Å². The third-order valence-electron chi connectivity index (χ3n) is 5.09. The molecule has 0 saturated carbocycles. The Balaban J connectivity index is 1.55. The van der Waals surface area contributed by atoms with Crippen LogP contribution in [0.4, 0.5) is 5.69 Å². The summed E-state index contributed by atoms with van der Waals surface area (Å²) in [5, 5.41) is 6.09. The molecule has 1 aliphatic heterocycles. The summed E-state index contributed by atoms with van der Waals surface area (Å²) in [5.74, 6) is 0.614. The number of morpholine rings is 1. The molecular weight excluding hydrogens is 398 g/mol. The number of carbonyl (C=O) groups is 1. The zero-order valence-electron chi connectivity index (χ0n) is 17.2. The van der Waals surface area contributed by atoms with Crippen LogP contribution in [-0.4, -0.2) is 49.2 Å². The van der Waals surface area contributed by atoms with Gasteiger partial charge in [0.25, 0.3) is 5.91 Å². The van der Waals surface area contributed by atoms with E-state index >= 15 is 0 Å². The summed E-state index contributed by atoms with van der Waals surface area (Å²) in [6.07, 6.45) is 0. The smallest absolute Gasteiger partial charge is 0.255 e. The van der Waals surface area contributed by atoms with Gasteiger partial charge in [-0.25, -0.2) is 4.98 Å². The summed E-state index contributed by atoms with van der Waals surface area (Å²) in [6, 6.07) is 13.4. The van der Waals surface area contributed by atoms with Crippen molar-refractivity contribution in [3.63, 3.8) is 0 Å². The highest BCUT2D eigenvalue weighted by molar-refractivity contribution is 7.09. The van der Waals surface area contributed by atoms with Gasteiger partial charge >= 0.3 is 0 Å². The summed E-state index contributed by atoms with van der Waals surface area (Å²) in [6.45, 7) is 5.81. The van der Waals surface area contributed by atoms with E-state index in [4.69, 9.17) is 9.47 Å². The Labute approximate surface area is 180 Å². The molecule has 2 aromatic carbocycles. The number of nitrogens with zero attached hydrogens (tertiary/aromatic N) is 2. The molecule has 0 spiro atoms. The van der Waals surface area contributed by atoms with E-state index in [0.29, 0.717) is 25.3 Å². The van der Waals surface area contributed by atoms with E-state index in [0.717, 1.165) is 46.4 Å². The summed E-state index contributed by atoms with van der Waals surface area (Å²) in [4.78, 5) is 19.9. The first kappa shape index (κ1) is 20.5. The van der Waals surface area contributed by atoms with Crippen molar-refractivity contribution in [2.24, 2.45) is 0 Å². The van der Waals surface area contributed by atoms with Crippen LogP contribution in [0.2, 0.25) is 0 Å². The van der Waals surface area contributed by atoms with Crippen LogP contribution in [0.3, 0.4) is 0 Å². The maximum Gasteiger partial charge on any atom is 0.255 e. The number of hydrogen-bond acceptors (Lipinski definition) is 6. The van der Waals surface area contributed by atoms with Crippen molar-refractivity contribution in [2.75, 3.05) is 38.7 Å². The van der Waals surface area contributed by atoms with Gasteiger partial charge in [0, 0.05) is 41.8 Å². The predicted molar refractivity (Wildman–Crippen MR) is 119 cm³/mol. The second-order valence-electron chi connectivity index (χ2n) is 7.20. The quantitative estimate of drug-likeness (QED) is 0.643. The van der Waals surface area contributed by atoms with E-state index in [-0.39, 0.29) is 5.91 Å². The van der Waals surface area contributed by atoms with Crippen LogP contribution in [0.1, 0.15) is 20.9 Å². The van der Waals surface area contributed by atoms with Crippen LogP contribution < -0.4 is 10.1 Å². The predicted octanol–water partition coefficient (Wildman–Crippen LogP) is 4.21. The molecule has 0 unspecified atom stereocenters. The number of thiazole rings is 1. The molecule has 0 atom stereocenters. The van der Waals surface area contributed by atoms with Gasteiger partial charge < -0.3 is 14.8 Å². The molecule has 1 fully saturated rings. The van der Waals surface area contributed by atoms with E-state index < -0.39 is 0 Å². The number of rotatable bonds is 6. The van der Waals surface area contributed by atoms with Crippen LogP contribution >= 0.6 is 11.3 Å². The van der Waals surface area contributed by atoms with Gasteiger partial charge in [-0.15, -0.1) is 11.3 Å². The minimum absolute atomic E-state index is 0.132. The normalized spacial score (nSPS) is 14.5. The topological polar surface area (TPSA) is 63.7 Å². The van der Waals surface area contributed by atoms with Crippen molar-refractivity contribution in [1.29, 1.82) is 0 Å². The van der Waals surface area contributed by atoms with Gasteiger partial charge in [0.1, 0.15) is 5.75 Å². The number of ether oxygens (including phenoxy) is 2. The van der Waals surface area contributed by atoms with E-state index in [2.05, 4.69) is 15.2 Å². The fraction of sp³-hybridized carbons (Fsp3) is 0.304. The number of nitrogens with one attached hydrogen (secondary N) is 1. The highest BCUT2D eigenvalue weighted by atomic mass is 32.1. The molecule has 3 aromatic rings. The van der Waals surface area contributed by atoms with E-state index in [1.165, 1.54) is 0 Å². The van der Waals surface area contributed by atoms with Crippen molar-refractivity contribution < 1.29 is 14.3 Å². The lowest BCUT2D eigenvalue weighted by molar-refractivity contribution is 0.0341. The second-order valence-corrected chi connectivity index (χ2v) is 8.26. The number of aromatic nitrogens is 1. The van der Waals surface area contributed by atoms with Crippen LogP contribution in [-0.2, 0) is 11.3 Å². The summed E-state index contributed by atoms with van der Waals surface area (Å²) in [7, 11) is 1.64. The highest BCUT2D eigenvalue weighted by Gasteiger charge is 2.18. The maximum absolute atomic E-state index is 13.1. The van der Waals surface area contributed by atoms with Gasteiger partial charge in [-0.1, -0.05) is 12.1 Å². The number of methoxy groups -OCH3 is 1. The van der Waals surface area contributed by atoms with Gasteiger partial charge in [-0.2, -0.15) is 0 Å². The molecule has 1 aliphatic rings. The molecule has 156 valence electrons. The van der Waals surface area contributed by atoms with Crippen LogP contribution in [0.5, 0.6) is 5.75 Å². The molecule has 30 heavy (non-hydrogen) atoms. The van der Waals surface area contributed by atoms with E-state index in [1.54, 1.807) is 18.4 Å². The van der Waals surface area contributed by atoms with Crippen LogP contribution in [0, 0.1) is 6.92 Å². The Bertz CT molecular complexity index is 1030. The lowest BCUT2D eigenvalue weighted by Crippen LogP contribution is -2.36. The zero-order chi connectivity index (χ0) is 20.9. The molecule has 6 nitrogen and oxygen atoms in total. The Kier molecular flexibility index (Phi) is 6.42. The molecule has 4 rings (SSSR count). The average molecular weight is 424 g/mol. The molecule has 0 aliphatic carbocycles. The minimum Gasteiger partial charge on any atom is -0.497 e. The molecule has 7 heteroatoms.